The van der Waals surface area contributed by atoms with Crippen LogP contribution in [0.1, 0.15) is 13.4 Å². The average molecular weight is 540 g/mol. The van der Waals surface area contributed by atoms with Gasteiger partial charge in [0.05, 0.1) is 37.9 Å². The van der Waals surface area contributed by atoms with E-state index in [0.717, 1.165) is 19.2 Å². The van der Waals surface area contributed by atoms with Crippen molar-refractivity contribution in [1.82, 2.24) is 15.4 Å². The van der Waals surface area contributed by atoms with Crippen LogP contribution in [0, 0.1) is 11.6 Å². The van der Waals surface area contributed by atoms with E-state index in [-0.39, 0.29) is 57.9 Å². The zero-order valence-corrected chi connectivity index (χ0v) is 20.4. The summed E-state index contributed by atoms with van der Waals surface area (Å²) >= 11 is 1.37. The minimum Gasteiger partial charge on any atom is -0.391 e. The molecule has 202 valence electrons. The van der Waals surface area contributed by atoms with Crippen molar-refractivity contribution in [3.05, 3.63) is 40.4 Å². The summed E-state index contributed by atoms with van der Waals surface area (Å²) in [7, 11) is 1.16. The fraction of sp³-hybridized carbons (Fsp3) is 0.476. The van der Waals surface area contributed by atoms with Crippen molar-refractivity contribution in [1.29, 1.82) is 0 Å². The second kappa shape index (κ2) is 13.9. The zero-order chi connectivity index (χ0) is 26.8. The first-order valence-electron chi connectivity index (χ1n) is 10.7. The molecule has 1 saturated heterocycles. The molecule has 1 aromatic carbocycles. The zero-order valence-electron chi connectivity index (χ0n) is 19.5. The number of aromatic nitrogens is 1. The average Bonchev–Trinajstić information content (AvgIpc) is 3.20. The van der Waals surface area contributed by atoms with Gasteiger partial charge in [0.1, 0.15) is 10.7 Å². The number of benzene rings is 1. The first-order valence-corrected chi connectivity index (χ1v) is 11.6. The summed E-state index contributed by atoms with van der Waals surface area (Å²) in [6, 6.07) is 2.00. The maximum Gasteiger partial charge on any atom is 0.315 e. The Kier molecular flexibility index (Phi) is 11.3. The molecule has 36 heavy (non-hydrogen) atoms. The Morgan fingerprint density at radius 3 is 2.44 bits per heavy atom. The molecule has 1 aliphatic heterocycles. The Labute approximate surface area is 210 Å². The summed E-state index contributed by atoms with van der Waals surface area (Å²) < 4.78 is 51.3. The lowest BCUT2D eigenvalue weighted by atomic mass is 10.2. The van der Waals surface area contributed by atoms with Gasteiger partial charge < -0.3 is 15.3 Å². The number of nitrogens with zero attached hydrogens (tertiary/aromatic N) is 4. The van der Waals surface area contributed by atoms with Gasteiger partial charge in [-0.05, 0) is 6.92 Å². The van der Waals surface area contributed by atoms with Crippen LogP contribution in [0.5, 0.6) is 0 Å². The molecule has 0 radical (unpaired) electrons. The predicted molar refractivity (Wildman–Crippen MR) is 125 cm³/mol. The Bertz CT molecular complexity index is 983. The molecule has 1 aromatic heterocycles. The highest BCUT2D eigenvalue weighted by molar-refractivity contribution is 7.09. The highest BCUT2D eigenvalue weighted by Crippen LogP contribution is 2.29. The Morgan fingerprint density at radius 1 is 1.28 bits per heavy atom. The number of amides is 2. The van der Waals surface area contributed by atoms with Gasteiger partial charge in [0.25, 0.3) is 11.8 Å². The number of carbonyl (C=O) groups is 2. The first-order chi connectivity index (χ1) is 17.0. The van der Waals surface area contributed by atoms with E-state index in [1.165, 1.54) is 28.2 Å². The van der Waals surface area contributed by atoms with Crippen LogP contribution < -0.4 is 15.3 Å². The number of anilines is 2. The van der Waals surface area contributed by atoms with Gasteiger partial charge in [-0.2, -0.15) is 8.78 Å². The van der Waals surface area contributed by atoms with Gasteiger partial charge in [-0.25, -0.2) is 18.8 Å². The minimum absolute atomic E-state index is 0. The van der Waals surface area contributed by atoms with Crippen LogP contribution in [0.3, 0.4) is 0 Å². The SMILES string of the molecule is CNC(=O)C(F)F.C[C@H](O)CN(O)c1cc(F)c(N2CCON(C(=O)Cc3nccs3)CC2)c(F)c1.[HH]. The van der Waals surface area contributed by atoms with Crippen molar-refractivity contribution < 1.29 is 43.7 Å². The molecule has 0 bridgehead atoms. The highest BCUT2D eigenvalue weighted by atomic mass is 32.1. The summed E-state index contributed by atoms with van der Waals surface area (Å²) in [4.78, 5) is 33.0. The van der Waals surface area contributed by atoms with Crippen molar-refractivity contribution in [3.8, 4) is 0 Å². The Hall–Kier alpha value is -3.01. The van der Waals surface area contributed by atoms with E-state index in [9.17, 15) is 37.5 Å². The van der Waals surface area contributed by atoms with Crippen LogP contribution in [0.15, 0.2) is 23.7 Å². The van der Waals surface area contributed by atoms with Crippen molar-refractivity contribution >= 4 is 34.5 Å². The number of halogens is 4. The third-order valence-electron chi connectivity index (χ3n) is 4.74. The molecule has 3 N–H and O–H groups in total. The van der Waals surface area contributed by atoms with Gasteiger partial charge in [0.2, 0.25) is 0 Å². The molecule has 2 aromatic rings. The molecular weight excluding hydrogens is 510 g/mol. The van der Waals surface area contributed by atoms with Gasteiger partial charge in [-0.15, -0.1) is 11.3 Å². The topological polar surface area (TPSA) is 118 Å². The molecular formula is C21H29F4N5O5S. The monoisotopic (exact) mass is 539 g/mol. The van der Waals surface area contributed by atoms with E-state index < -0.39 is 30.1 Å². The van der Waals surface area contributed by atoms with Crippen LogP contribution in [0.25, 0.3) is 0 Å². The van der Waals surface area contributed by atoms with Crippen LogP contribution >= 0.6 is 11.3 Å². The smallest absolute Gasteiger partial charge is 0.315 e. The van der Waals surface area contributed by atoms with E-state index in [1.807, 2.05) is 0 Å². The lowest BCUT2D eigenvalue weighted by molar-refractivity contribution is -0.181. The largest absolute Gasteiger partial charge is 0.391 e. The number of nitrogens with one attached hydrogen (secondary N) is 1. The summed E-state index contributed by atoms with van der Waals surface area (Å²) in [6.07, 6.45) is -2.04. The van der Waals surface area contributed by atoms with E-state index in [4.69, 9.17) is 4.84 Å². The molecule has 1 atom stereocenters. The van der Waals surface area contributed by atoms with Crippen molar-refractivity contribution in [3.63, 3.8) is 0 Å². The Morgan fingerprint density at radius 2 is 1.94 bits per heavy atom. The molecule has 0 saturated carbocycles. The number of carbonyl (C=O) groups excluding carboxylic acids is 2. The lowest BCUT2D eigenvalue weighted by Crippen LogP contribution is -2.35. The third-order valence-corrected chi connectivity index (χ3v) is 5.52. The lowest BCUT2D eigenvalue weighted by Gasteiger charge is -2.25. The van der Waals surface area contributed by atoms with Gasteiger partial charge in [0.15, 0.2) is 11.6 Å². The molecule has 0 spiro atoms. The third kappa shape index (κ3) is 8.58. The van der Waals surface area contributed by atoms with E-state index in [2.05, 4.69) is 4.98 Å². The molecule has 15 heteroatoms. The maximum atomic E-state index is 14.6. The fourth-order valence-corrected chi connectivity index (χ4v) is 3.70. The summed E-state index contributed by atoms with van der Waals surface area (Å²) in [5.74, 6) is -3.22. The summed E-state index contributed by atoms with van der Waals surface area (Å²) in [6.45, 7) is 1.84. The molecule has 2 amide bonds. The van der Waals surface area contributed by atoms with Crippen LogP contribution in [0.2, 0.25) is 0 Å². The molecule has 10 nitrogen and oxygen atoms in total. The maximum absolute atomic E-state index is 14.6. The van der Waals surface area contributed by atoms with Gasteiger partial charge >= 0.3 is 6.43 Å². The minimum atomic E-state index is -2.88. The summed E-state index contributed by atoms with van der Waals surface area (Å²) in [5.41, 5.74) is -0.354. The second-order valence-electron chi connectivity index (χ2n) is 7.52. The predicted octanol–water partition coefficient (Wildman–Crippen LogP) is 2.06. The molecule has 3 rings (SSSR count). The molecule has 0 unspecified atom stereocenters. The van der Waals surface area contributed by atoms with E-state index in [0.29, 0.717) is 10.1 Å². The molecule has 2 heterocycles. The van der Waals surface area contributed by atoms with Crippen molar-refractivity contribution in [2.75, 3.05) is 49.8 Å². The van der Waals surface area contributed by atoms with Crippen LogP contribution in [-0.2, 0) is 20.8 Å². The van der Waals surface area contributed by atoms with Crippen LogP contribution in [0.4, 0.5) is 28.9 Å². The molecule has 1 aliphatic rings. The number of hydrogen-bond acceptors (Lipinski definition) is 9. The molecule has 1 fully saturated rings. The number of hydroxylamine groups is 3. The summed E-state index contributed by atoms with van der Waals surface area (Å²) in [5, 5.41) is 25.2. The highest BCUT2D eigenvalue weighted by Gasteiger charge is 2.25. The number of aliphatic hydroxyl groups excluding tert-OH is 1. The standard InChI is InChI=1S/C18H22F2N4O4S.C3H5F2NO.H2/c1-12(25)11-23(27)13-8-14(19)18(15(20)9-13)22-3-4-24(28-6-5-22)17(26)10-16-21-2-7-29-16;1-6-3(7)2(4)5;/h2,7-9,12,25,27H,3-6,10-11H2,1H3;2H,1H3,(H,6,7);1H/t12-;;/m0../s1. The van der Waals surface area contributed by atoms with E-state index in [1.54, 1.807) is 16.9 Å². The van der Waals surface area contributed by atoms with Gasteiger partial charge in [-0.3, -0.25) is 24.7 Å². The number of thiazole rings is 1. The normalized spacial score (nSPS) is 14.6. The van der Waals surface area contributed by atoms with E-state index >= 15 is 0 Å². The Balaban J connectivity index is 0.000000754. The van der Waals surface area contributed by atoms with Crippen molar-refractivity contribution in [2.45, 2.75) is 25.9 Å². The quantitative estimate of drug-likeness (QED) is 0.362. The number of alkyl halides is 2. The van der Waals surface area contributed by atoms with Crippen LogP contribution in [-0.4, -0.2) is 84.5 Å². The van der Waals surface area contributed by atoms with Crippen molar-refractivity contribution in [2.24, 2.45) is 0 Å². The van der Waals surface area contributed by atoms with Gasteiger partial charge in [0, 0.05) is 45.3 Å². The second-order valence-corrected chi connectivity index (χ2v) is 8.50. The van der Waals surface area contributed by atoms with Gasteiger partial charge in [-0.1, -0.05) is 0 Å². The first kappa shape index (κ1) is 29.2. The number of rotatable bonds is 7. The molecule has 0 aliphatic carbocycles. The number of aliphatic hydroxyl groups is 1. The number of hydrogen-bond donors (Lipinski definition) is 3. The fourth-order valence-electron chi connectivity index (χ4n) is 3.10.